The maximum atomic E-state index is 12.4. The second kappa shape index (κ2) is 9.64. The Hall–Kier alpha value is -2.75. The standard InChI is InChI=1S/C19H24BNO8/c1-2-16(22)21-15-10-12-6-5-9-14(17(12)29-20(15)25)18(23)26-11-27-19(24)28-13-7-3-4-8-13/h5-6,9,13,15,25H,2-4,7-8,10-11H2,1H3,(H,21,22). The molecule has 1 aromatic rings. The fourth-order valence-electron chi connectivity index (χ4n) is 3.40. The number of carbonyl (C=O) groups is 3. The zero-order chi connectivity index (χ0) is 20.8. The van der Waals surface area contributed by atoms with E-state index in [1.807, 2.05) is 0 Å². The number of hydrogen-bond donors (Lipinski definition) is 2. The van der Waals surface area contributed by atoms with Crippen LogP contribution in [0.25, 0.3) is 0 Å². The molecule has 0 aromatic heterocycles. The third-order valence-corrected chi connectivity index (χ3v) is 4.94. The van der Waals surface area contributed by atoms with Crippen LogP contribution in [-0.4, -0.2) is 49.0 Å². The van der Waals surface area contributed by atoms with Gasteiger partial charge in [0.1, 0.15) is 17.4 Å². The van der Waals surface area contributed by atoms with Crippen LogP contribution in [-0.2, 0) is 25.4 Å². The monoisotopic (exact) mass is 405 g/mol. The van der Waals surface area contributed by atoms with Gasteiger partial charge in [-0.2, -0.15) is 0 Å². The molecule has 1 aliphatic heterocycles. The molecule has 3 rings (SSSR count). The molecule has 1 heterocycles. The lowest BCUT2D eigenvalue weighted by molar-refractivity contribution is -0.121. The molecule has 0 saturated heterocycles. The van der Waals surface area contributed by atoms with Gasteiger partial charge in [-0.05, 0) is 43.7 Å². The van der Waals surface area contributed by atoms with Crippen LogP contribution in [0, 0.1) is 0 Å². The molecule has 1 amide bonds. The van der Waals surface area contributed by atoms with Crippen LogP contribution >= 0.6 is 0 Å². The zero-order valence-electron chi connectivity index (χ0n) is 16.2. The van der Waals surface area contributed by atoms with Crippen molar-refractivity contribution in [3.05, 3.63) is 29.3 Å². The van der Waals surface area contributed by atoms with Gasteiger partial charge < -0.3 is 29.2 Å². The van der Waals surface area contributed by atoms with Crippen LogP contribution in [0.3, 0.4) is 0 Å². The minimum absolute atomic E-state index is 0.0922. The summed E-state index contributed by atoms with van der Waals surface area (Å²) in [4.78, 5) is 35.6. The van der Waals surface area contributed by atoms with E-state index in [2.05, 4.69) is 5.32 Å². The van der Waals surface area contributed by atoms with Crippen LogP contribution in [0.2, 0.25) is 0 Å². The van der Waals surface area contributed by atoms with Crippen molar-refractivity contribution in [3.8, 4) is 5.75 Å². The zero-order valence-corrected chi connectivity index (χ0v) is 16.2. The lowest BCUT2D eigenvalue weighted by Gasteiger charge is -2.29. The van der Waals surface area contributed by atoms with Crippen LogP contribution in [0.4, 0.5) is 4.79 Å². The van der Waals surface area contributed by atoms with Crippen molar-refractivity contribution < 1.29 is 38.3 Å². The van der Waals surface area contributed by atoms with E-state index in [0.717, 1.165) is 25.7 Å². The lowest BCUT2D eigenvalue weighted by atomic mass is 9.72. The number of ether oxygens (including phenoxy) is 3. The van der Waals surface area contributed by atoms with Gasteiger partial charge in [-0.15, -0.1) is 0 Å². The van der Waals surface area contributed by atoms with Crippen LogP contribution < -0.4 is 9.97 Å². The Morgan fingerprint density at radius 2 is 2.00 bits per heavy atom. The summed E-state index contributed by atoms with van der Waals surface area (Å²) in [6.45, 7) is 1.12. The average Bonchev–Trinajstić information content (AvgIpc) is 3.20. The molecule has 1 aromatic carbocycles. The highest BCUT2D eigenvalue weighted by atomic mass is 16.8. The van der Waals surface area contributed by atoms with Crippen molar-refractivity contribution in [1.82, 2.24) is 5.32 Å². The molecule has 2 aliphatic rings. The Kier molecular flexibility index (Phi) is 6.97. The Balaban J connectivity index is 1.56. The molecule has 1 unspecified atom stereocenters. The second-order valence-electron chi connectivity index (χ2n) is 7.00. The number of fused-ring (bicyclic) bond motifs is 1. The van der Waals surface area contributed by atoms with Crippen molar-refractivity contribution in [2.75, 3.05) is 6.79 Å². The van der Waals surface area contributed by atoms with Gasteiger partial charge in [0.05, 0.1) is 5.94 Å². The first-order chi connectivity index (χ1) is 14.0. The van der Waals surface area contributed by atoms with E-state index in [0.29, 0.717) is 12.0 Å². The lowest BCUT2D eigenvalue weighted by Crippen LogP contribution is -2.53. The summed E-state index contributed by atoms with van der Waals surface area (Å²) >= 11 is 0. The van der Waals surface area contributed by atoms with Gasteiger partial charge in [0.2, 0.25) is 12.7 Å². The SMILES string of the molecule is CCC(=O)NC1Cc2cccc(C(=O)OCOC(=O)OC3CCCC3)c2OB1O. The predicted molar refractivity (Wildman–Crippen MR) is 101 cm³/mol. The smallest absolute Gasteiger partial charge is 0.534 e. The number of nitrogens with one attached hydrogen (secondary N) is 1. The van der Waals surface area contributed by atoms with E-state index < -0.39 is 32.0 Å². The summed E-state index contributed by atoms with van der Waals surface area (Å²) in [5, 5.41) is 12.9. The first-order valence-electron chi connectivity index (χ1n) is 9.74. The highest BCUT2D eigenvalue weighted by Gasteiger charge is 2.37. The highest BCUT2D eigenvalue weighted by Crippen LogP contribution is 2.30. The Bertz CT molecular complexity index is 765. The van der Waals surface area contributed by atoms with Crippen molar-refractivity contribution in [2.24, 2.45) is 0 Å². The number of rotatable bonds is 6. The number of hydrogen-bond acceptors (Lipinski definition) is 8. The maximum Gasteiger partial charge on any atom is 0.547 e. The molecule has 0 radical (unpaired) electrons. The summed E-state index contributed by atoms with van der Waals surface area (Å²) in [7, 11) is -1.30. The summed E-state index contributed by atoms with van der Waals surface area (Å²) in [5.41, 5.74) is 0.738. The Morgan fingerprint density at radius 3 is 2.72 bits per heavy atom. The molecule has 1 aliphatic carbocycles. The summed E-state index contributed by atoms with van der Waals surface area (Å²) < 4.78 is 20.3. The van der Waals surface area contributed by atoms with E-state index in [-0.39, 0.29) is 29.7 Å². The summed E-state index contributed by atoms with van der Waals surface area (Å²) in [6, 6.07) is 4.86. The number of para-hydroxylation sites is 1. The Morgan fingerprint density at radius 1 is 1.24 bits per heavy atom. The first kappa shape index (κ1) is 21.0. The van der Waals surface area contributed by atoms with Crippen LogP contribution in [0.1, 0.15) is 54.9 Å². The molecule has 1 saturated carbocycles. The highest BCUT2D eigenvalue weighted by molar-refractivity contribution is 6.47. The van der Waals surface area contributed by atoms with Gasteiger partial charge in [-0.1, -0.05) is 19.1 Å². The fraction of sp³-hybridized carbons (Fsp3) is 0.526. The summed E-state index contributed by atoms with van der Waals surface area (Å²) in [5.74, 6) is -1.41. The number of carbonyl (C=O) groups excluding carboxylic acids is 3. The topological polar surface area (TPSA) is 120 Å². The minimum Gasteiger partial charge on any atom is -0.534 e. The molecule has 1 fully saturated rings. The van der Waals surface area contributed by atoms with Gasteiger partial charge in [0, 0.05) is 6.42 Å². The van der Waals surface area contributed by atoms with Gasteiger partial charge in [0.15, 0.2) is 0 Å². The van der Waals surface area contributed by atoms with Crippen molar-refractivity contribution in [2.45, 2.75) is 57.5 Å². The normalized spacial score (nSPS) is 18.4. The molecular weight excluding hydrogens is 381 g/mol. The van der Waals surface area contributed by atoms with Crippen LogP contribution in [0.15, 0.2) is 18.2 Å². The summed E-state index contributed by atoms with van der Waals surface area (Å²) in [6.07, 6.45) is 3.21. The van der Waals surface area contributed by atoms with Crippen molar-refractivity contribution >= 4 is 25.2 Å². The van der Waals surface area contributed by atoms with Crippen molar-refractivity contribution in [1.29, 1.82) is 0 Å². The average molecular weight is 405 g/mol. The molecule has 0 spiro atoms. The van der Waals surface area contributed by atoms with Crippen molar-refractivity contribution in [3.63, 3.8) is 0 Å². The predicted octanol–water partition coefficient (Wildman–Crippen LogP) is 1.75. The second-order valence-corrected chi connectivity index (χ2v) is 7.00. The quantitative estimate of drug-likeness (QED) is 0.417. The third-order valence-electron chi connectivity index (χ3n) is 4.94. The molecule has 2 N–H and O–H groups in total. The van der Waals surface area contributed by atoms with Gasteiger partial charge in [-0.25, -0.2) is 9.59 Å². The molecule has 9 nitrogen and oxygen atoms in total. The number of benzene rings is 1. The molecule has 29 heavy (non-hydrogen) atoms. The first-order valence-corrected chi connectivity index (χ1v) is 9.74. The molecule has 0 bridgehead atoms. The largest absolute Gasteiger partial charge is 0.547 e. The van der Waals surface area contributed by atoms with Gasteiger partial charge in [-0.3, -0.25) is 4.79 Å². The third kappa shape index (κ3) is 5.41. The Labute approximate surface area is 168 Å². The molecular formula is C19H24BNO8. The minimum atomic E-state index is -1.30. The van der Waals surface area contributed by atoms with E-state index in [1.165, 1.54) is 6.07 Å². The fourth-order valence-corrected chi connectivity index (χ4v) is 3.40. The maximum absolute atomic E-state index is 12.4. The van der Waals surface area contributed by atoms with Crippen LogP contribution in [0.5, 0.6) is 5.75 Å². The van der Waals surface area contributed by atoms with E-state index in [9.17, 15) is 19.4 Å². The number of esters is 1. The van der Waals surface area contributed by atoms with Gasteiger partial charge in [0.25, 0.3) is 0 Å². The van der Waals surface area contributed by atoms with E-state index >= 15 is 0 Å². The molecule has 1 atom stereocenters. The number of amides is 1. The molecule has 156 valence electrons. The van der Waals surface area contributed by atoms with Gasteiger partial charge >= 0.3 is 19.2 Å². The molecule has 10 heteroatoms. The van der Waals surface area contributed by atoms with E-state index in [4.69, 9.17) is 18.9 Å². The van der Waals surface area contributed by atoms with E-state index in [1.54, 1.807) is 19.1 Å².